The standard InChI is InChI=1S/C15H12ClN3O2S/c16-11-3-4-12-9(6-11)5-10(7-21-12)13(20)17-15-19-18-14(22-15)8-1-2-8/h3-6,8H,1-2,7H2,(H,17,19,20). The number of nitrogens with zero attached hydrogens (tertiary/aromatic N) is 2. The van der Waals surface area contributed by atoms with Gasteiger partial charge in [-0.3, -0.25) is 10.1 Å². The fraction of sp³-hybridized carbons (Fsp3) is 0.267. The predicted molar refractivity (Wildman–Crippen MR) is 85.4 cm³/mol. The van der Waals surface area contributed by atoms with Crippen LogP contribution in [0.1, 0.15) is 29.3 Å². The van der Waals surface area contributed by atoms with Crippen LogP contribution in [-0.4, -0.2) is 22.7 Å². The summed E-state index contributed by atoms with van der Waals surface area (Å²) in [6, 6.07) is 5.34. The van der Waals surface area contributed by atoms with Crippen molar-refractivity contribution in [2.75, 3.05) is 11.9 Å². The molecule has 0 bridgehead atoms. The monoisotopic (exact) mass is 333 g/mol. The van der Waals surface area contributed by atoms with E-state index in [0.717, 1.165) is 16.3 Å². The molecule has 0 atom stereocenters. The van der Waals surface area contributed by atoms with Crippen LogP contribution in [0.25, 0.3) is 6.08 Å². The molecule has 112 valence electrons. The van der Waals surface area contributed by atoms with E-state index in [1.54, 1.807) is 24.3 Å². The van der Waals surface area contributed by atoms with Crippen LogP contribution in [0, 0.1) is 0 Å². The van der Waals surface area contributed by atoms with E-state index in [1.807, 2.05) is 0 Å². The molecule has 1 N–H and O–H groups in total. The molecule has 7 heteroatoms. The van der Waals surface area contributed by atoms with Crippen LogP contribution >= 0.6 is 22.9 Å². The maximum Gasteiger partial charge on any atom is 0.256 e. The zero-order valence-electron chi connectivity index (χ0n) is 11.5. The molecule has 22 heavy (non-hydrogen) atoms. The van der Waals surface area contributed by atoms with Crippen molar-refractivity contribution in [1.82, 2.24) is 10.2 Å². The summed E-state index contributed by atoms with van der Waals surface area (Å²) in [6.07, 6.45) is 4.13. The van der Waals surface area contributed by atoms with E-state index in [4.69, 9.17) is 16.3 Å². The molecule has 0 radical (unpaired) electrons. The first kappa shape index (κ1) is 13.7. The van der Waals surface area contributed by atoms with Gasteiger partial charge in [-0.25, -0.2) is 0 Å². The van der Waals surface area contributed by atoms with Crippen molar-refractivity contribution in [1.29, 1.82) is 0 Å². The molecule has 4 rings (SSSR count). The van der Waals surface area contributed by atoms with Gasteiger partial charge >= 0.3 is 0 Å². The third-order valence-electron chi connectivity index (χ3n) is 3.56. The number of hydrogen-bond acceptors (Lipinski definition) is 5. The van der Waals surface area contributed by atoms with E-state index in [9.17, 15) is 4.79 Å². The van der Waals surface area contributed by atoms with Gasteiger partial charge in [-0.15, -0.1) is 10.2 Å². The summed E-state index contributed by atoms with van der Waals surface area (Å²) < 4.78 is 5.58. The van der Waals surface area contributed by atoms with Crippen LogP contribution in [0.5, 0.6) is 5.75 Å². The number of ether oxygens (including phenoxy) is 1. The molecule has 1 amide bonds. The number of aromatic nitrogens is 2. The Hall–Kier alpha value is -1.92. The van der Waals surface area contributed by atoms with Crippen LogP contribution < -0.4 is 10.1 Å². The molecule has 1 aromatic carbocycles. The number of carbonyl (C=O) groups excluding carboxylic acids is 1. The Morgan fingerprint density at radius 1 is 1.36 bits per heavy atom. The highest BCUT2D eigenvalue weighted by molar-refractivity contribution is 7.15. The number of halogens is 1. The van der Waals surface area contributed by atoms with E-state index in [2.05, 4.69) is 15.5 Å². The molecular weight excluding hydrogens is 322 g/mol. The Morgan fingerprint density at radius 2 is 2.23 bits per heavy atom. The highest BCUT2D eigenvalue weighted by Gasteiger charge is 2.28. The van der Waals surface area contributed by atoms with Crippen molar-refractivity contribution in [3.8, 4) is 5.75 Å². The molecule has 1 fully saturated rings. The molecule has 0 saturated heterocycles. The van der Waals surface area contributed by atoms with E-state index in [-0.39, 0.29) is 12.5 Å². The first-order valence-corrected chi connectivity index (χ1v) is 8.16. The minimum Gasteiger partial charge on any atom is -0.488 e. The summed E-state index contributed by atoms with van der Waals surface area (Å²) in [6.45, 7) is 0.231. The lowest BCUT2D eigenvalue weighted by atomic mass is 10.1. The molecule has 0 unspecified atom stereocenters. The number of fused-ring (bicyclic) bond motifs is 1. The number of rotatable bonds is 3. The molecule has 5 nitrogen and oxygen atoms in total. The molecule has 1 saturated carbocycles. The summed E-state index contributed by atoms with van der Waals surface area (Å²) in [5.74, 6) is 1.05. The molecule has 2 aromatic rings. The lowest BCUT2D eigenvalue weighted by Crippen LogP contribution is -2.21. The molecule has 2 heterocycles. The maximum absolute atomic E-state index is 12.3. The third kappa shape index (κ3) is 2.71. The Bertz CT molecular complexity index is 783. The highest BCUT2D eigenvalue weighted by atomic mass is 35.5. The summed E-state index contributed by atoms with van der Waals surface area (Å²) in [5, 5.41) is 13.1. The predicted octanol–water partition coefficient (Wildman–Crippen LogP) is 3.48. The molecule has 1 aliphatic carbocycles. The minimum absolute atomic E-state index is 0.218. The van der Waals surface area contributed by atoms with Crippen molar-refractivity contribution in [3.63, 3.8) is 0 Å². The molecule has 1 aliphatic heterocycles. The first-order chi connectivity index (χ1) is 10.7. The van der Waals surface area contributed by atoms with Crippen LogP contribution in [-0.2, 0) is 4.79 Å². The number of nitrogens with one attached hydrogen (secondary N) is 1. The largest absolute Gasteiger partial charge is 0.488 e. The van der Waals surface area contributed by atoms with Gasteiger partial charge in [0.25, 0.3) is 5.91 Å². The first-order valence-electron chi connectivity index (χ1n) is 6.97. The van der Waals surface area contributed by atoms with Gasteiger partial charge in [0.05, 0.1) is 5.57 Å². The van der Waals surface area contributed by atoms with E-state index >= 15 is 0 Å². The highest BCUT2D eigenvalue weighted by Crippen LogP contribution is 2.42. The fourth-order valence-electron chi connectivity index (χ4n) is 2.24. The van der Waals surface area contributed by atoms with Crippen molar-refractivity contribution in [2.24, 2.45) is 0 Å². The van der Waals surface area contributed by atoms with Crippen molar-refractivity contribution in [3.05, 3.63) is 39.4 Å². The maximum atomic E-state index is 12.3. The second-order valence-corrected chi connectivity index (χ2v) is 6.76. The zero-order chi connectivity index (χ0) is 15.1. The van der Waals surface area contributed by atoms with Gasteiger partial charge in [0.15, 0.2) is 0 Å². The molecule has 0 spiro atoms. The normalized spacial score (nSPS) is 16.5. The Morgan fingerprint density at radius 3 is 3.05 bits per heavy atom. The summed E-state index contributed by atoms with van der Waals surface area (Å²) in [5.41, 5.74) is 1.35. The Labute approximate surface area is 136 Å². The average molecular weight is 334 g/mol. The number of carbonyl (C=O) groups is 1. The Balaban J connectivity index is 1.52. The van der Waals surface area contributed by atoms with Gasteiger partial charge in [0.2, 0.25) is 5.13 Å². The third-order valence-corrected chi connectivity index (χ3v) is 4.80. The van der Waals surface area contributed by atoms with Gasteiger partial charge in [-0.1, -0.05) is 22.9 Å². The fourth-order valence-corrected chi connectivity index (χ4v) is 3.33. The number of anilines is 1. The van der Waals surface area contributed by atoms with E-state index in [0.29, 0.717) is 21.6 Å². The van der Waals surface area contributed by atoms with Crippen molar-refractivity contribution in [2.45, 2.75) is 18.8 Å². The number of amides is 1. The van der Waals surface area contributed by atoms with Crippen LogP contribution in [0.3, 0.4) is 0 Å². The average Bonchev–Trinajstić information content (AvgIpc) is 3.27. The smallest absolute Gasteiger partial charge is 0.256 e. The second-order valence-electron chi connectivity index (χ2n) is 5.31. The van der Waals surface area contributed by atoms with Gasteiger partial charge in [-0.05, 0) is 37.1 Å². The topological polar surface area (TPSA) is 64.1 Å². The van der Waals surface area contributed by atoms with Crippen molar-refractivity contribution >= 4 is 40.1 Å². The van der Waals surface area contributed by atoms with Gasteiger partial charge < -0.3 is 4.74 Å². The van der Waals surface area contributed by atoms with Gasteiger partial charge in [0.1, 0.15) is 17.4 Å². The number of hydrogen-bond donors (Lipinski definition) is 1. The minimum atomic E-state index is -0.218. The molecular formula is C15H12ClN3O2S. The summed E-state index contributed by atoms with van der Waals surface area (Å²) in [7, 11) is 0. The summed E-state index contributed by atoms with van der Waals surface area (Å²) in [4.78, 5) is 12.3. The Kier molecular flexibility index (Phi) is 3.35. The second kappa shape index (κ2) is 5.37. The van der Waals surface area contributed by atoms with Gasteiger partial charge in [-0.2, -0.15) is 0 Å². The quantitative estimate of drug-likeness (QED) is 0.934. The van der Waals surface area contributed by atoms with Crippen LogP contribution in [0.4, 0.5) is 5.13 Å². The lowest BCUT2D eigenvalue weighted by molar-refractivity contribution is -0.113. The van der Waals surface area contributed by atoms with Gasteiger partial charge in [0, 0.05) is 16.5 Å². The molecule has 2 aliphatic rings. The zero-order valence-corrected chi connectivity index (χ0v) is 13.1. The number of benzene rings is 1. The molecule has 1 aromatic heterocycles. The lowest BCUT2D eigenvalue weighted by Gasteiger charge is -2.17. The van der Waals surface area contributed by atoms with Crippen molar-refractivity contribution < 1.29 is 9.53 Å². The van der Waals surface area contributed by atoms with E-state index in [1.165, 1.54) is 24.2 Å². The van der Waals surface area contributed by atoms with E-state index < -0.39 is 0 Å². The van der Waals surface area contributed by atoms with Crippen LogP contribution in [0.15, 0.2) is 23.8 Å². The summed E-state index contributed by atoms with van der Waals surface area (Å²) >= 11 is 7.41. The van der Waals surface area contributed by atoms with Crippen LogP contribution in [0.2, 0.25) is 5.02 Å². The SMILES string of the molecule is O=C(Nc1nnc(C2CC2)s1)C1=Cc2cc(Cl)ccc2OC1.